The molecular weight excluding hydrogens is 324 g/mol. The third-order valence-electron chi connectivity index (χ3n) is 3.66. The quantitative estimate of drug-likeness (QED) is 0.742. The number of nitrogens with one attached hydrogen (secondary N) is 1. The molecular formula is C17H20N4O2S. The highest BCUT2D eigenvalue weighted by molar-refractivity contribution is 7.19. The van der Waals surface area contributed by atoms with Gasteiger partial charge in [-0.2, -0.15) is 5.10 Å². The predicted octanol–water partition coefficient (Wildman–Crippen LogP) is 3.48. The molecule has 7 heteroatoms. The Bertz CT molecular complexity index is 841. The lowest BCUT2D eigenvalue weighted by atomic mass is 10.2. The number of nitrogens with zero attached hydrogens (tertiary/aromatic N) is 3. The van der Waals surface area contributed by atoms with Gasteiger partial charge < -0.3 is 14.8 Å². The van der Waals surface area contributed by atoms with Gasteiger partial charge in [-0.1, -0.05) is 23.5 Å². The number of ether oxygens (including phenoxy) is 2. The van der Waals surface area contributed by atoms with E-state index in [9.17, 15) is 0 Å². The number of rotatable bonds is 6. The fourth-order valence-corrected chi connectivity index (χ4v) is 3.44. The van der Waals surface area contributed by atoms with Crippen LogP contribution in [0.2, 0.25) is 0 Å². The van der Waals surface area contributed by atoms with E-state index in [1.54, 1.807) is 30.2 Å². The predicted molar refractivity (Wildman–Crippen MR) is 95.9 cm³/mol. The summed E-state index contributed by atoms with van der Waals surface area (Å²) in [6, 6.07) is 7.84. The average Bonchev–Trinajstić information content (AvgIpc) is 3.17. The molecule has 0 aliphatic heterocycles. The molecule has 0 amide bonds. The van der Waals surface area contributed by atoms with Crippen LogP contribution in [0.5, 0.6) is 11.5 Å². The van der Waals surface area contributed by atoms with Crippen molar-refractivity contribution in [2.45, 2.75) is 13.5 Å². The topological polar surface area (TPSA) is 61.2 Å². The lowest BCUT2D eigenvalue weighted by molar-refractivity contribution is 0.352. The van der Waals surface area contributed by atoms with Crippen LogP contribution >= 0.6 is 11.3 Å². The van der Waals surface area contributed by atoms with Gasteiger partial charge in [0.25, 0.3) is 0 Å². The van der Waals surface area contributed by atoms with E-state index in [0.717, 1.165) is 38.5 Å². The number of anilines is 1. The highest BCUT2D eigenvalue weighted by Crippen LogP contribution is 2.34. The second-order valence-electron chi connectivity index (χ2n) is 5.31. The molecule has 6 nitrogen and oxygen atoms in total. The molecule has 3 aromatic rings. The second kappa shape index (κ2) is 6.92. The Balaban J connectivity index is 1.79. The third-order valence-corrected chi connectivity index (χ3v) is 4.80. The van der Waals surface area contributed by atoms with Crippen LogP contribution in [0.15, 0.2) is 30.5 Å². The molecule has 0 aliphatic carbocycles. The minimum absolute atomic E-state index is 0.606. The minimum atomic E-state index is 0.606. The van der Waals surface area contributed by atoms with Crippen molar-refractivity contribution in [3.8, 4) is 22.1 Å². The molecule has 0 saturated carbocycles. The summed E-state index contributed by atoms with van der Waals surface area (Å²) < 4.78 is 12.6. The number of thiazole rings is 1. The molecule has 0 atom stereocenters. The Kier molecular flexibility index (Phi) is 4.71. The van der Waals surface area contributed by atoms with Crippen molar-refractivity contribution >= 4 is 16.5 Å². The molecule has 0 unspecified atom stereocenters. The largest absolute Gasteiger partial charge is 0.493 e. The van der Waals surface area contributed by atoms with Crippen LogP contribution in [0.4, 0.5) is 5.13 Å². The summed E-state index contributed by atoms with van der Waals surface area (Å²) in [4.78, 5) is 5.67. The summed E-state index contributed by atoms with van der Waals surface area (Å²) in [5.74, 6) is 1.46. The zero-order valence-electron chi connectivity index (χ0n) is 14.2. The van der Waals surface area contributed by atoms with Crippen LogP contribution in [0.25, 0.3) is 10.6 Å². The summed E-state index contributed by atoms with van der Waals surface area (Å²) >= 11 is 1.60. The van der Waals surface area contributed by atoms with Crippen LogP contribution in [0, 0.1) is 6.92 Å². The molecule has 1 aromatic carbocycles. The molecule has 0 fully saturated rings. The number of para-hydroxylation sites is 1. The van der Waals surface area contributed by atoms with Crippen LogP contribution in [0.3, 0.4) is 0 Å². The SMILES string of the molecule is COc1cccc(CNc2nc(C)c(-c3ccn(C)n3)s2)c1OC. The fraction of sp³-hybridized carbons (Fsp3) is 0.294. The molecule has 0 aliphatic rings. The number of hydrogen-bond donors (Lipinski definition) is 1. The number of aryl methyl sites for hydroxylation is 2. The van der Waals surface area contributed by atoms with E-state index in [-0.39, 0.29) is 0 Å². The maximum Gasteiger partial charge on any atom is 0.183 e. The molecule has 0 radical (unpaired) electrons. The number of benzene rings is 1. The lowest BCUT2D eigenvalue weighted by Crippen LogP contribution is -2.02. The summed E-state index contributed by atoms with van der Waals surface area (Å²) in [6.45, 7) is 2.60. The van der Waals surface area contributed by atoms with Gasteiger partial charge in [-0.05, 0) is 19.1 Å². The smallest absolute Gasteiger partial charge is 0.183 e. The maximum absolute atomic E-state index is 5.46. The van der Waals surface area contributed by atoms with Crippen LogP contribution < -0.4 is 14.8 Å². The van der Waals surface area contributed by atoms with Crippen LogP contribution in [0.1, 0.15) is 11.3 Å². The highest BCUT2D eigenvalue weighted by atomic mass is 32.1. The second-order valence-corrected chi connectivity index (χ2v) is 6.31. The van der Waals surface area contributed by atoms with Crippen molar-refractivity contribution in [3.63, 3.8) is 0 Å². The first-order valence-corrected chi connectivity index (χ1v) is 8.35. The van der Waals surface area contributed by atoms with Crippen molar-refractivity contribution in [1.29, 1.82) is 0 Å². The normalized spacial score (nSPS) is 10.7. The Morgan fingerprint density at radius 2 is 2.04 bits per heavy atom. The van der Waals surface area contributed by atoms with Crippen molar-refractivity contribution < 1.29 is 9.47 Å². The van der Waals surface area contributed by atoms with Gasteiger partial charge in [-0.15, -0.1) is 0 Å². The molecule has 126 valence electrons. The van der Waals surface area contributed by atoms with Gasteiger partial charge in [-0.25, -0.2) is 4.98 Å². The molecule has 0 spiro atoms. The summed E-state index contributed by atoms with van der Waals surface area (Å²) in [5.41, 5.74) is 2.93. The first-order valence-electron chi connectivity index (χ1n) is 7.53. The van der Waals surface area contributed by atoms with Gasteiger partial charge in [0.15, 0.2) is 16.6 Å². The standard InChI is InChI=1S/C17H20N4O2S/c1-11-16(13-8-9-21(2)20-13)24-17(19-11)18-10-12-6-5-7-14(22-3)15(12)23-4/h5-9H,10H2,1-4H3,(H,18,19). The van der Waals surface area contributed by atoms with E-state index in [4.69, 9.17) is 9.47 Å². The molecule has 0 bridgehead atoms. The fourth-order valence-electron chi connectivity index (χ4n) is 2.51. The van der Waals surface area contributed by atoms with Crippen molar-refractivity contribution in [2.75, 3.05) is 19.5 Å². The Morgan fingerprint density at radius 3 is 2.71 bits per heavy atom. The third kappa shape index (κ3) is 3.21. The summed E-state index contributed by atoms with van der Waals surface area (Å²) in [5, 5.41) is 8.67. The molecule has 2 aromatic heterocycles. The van der Waals surface area contributed by atoms with E-state index in [1.807, 2.05) is 44.4 Å². The van der Waals surface area contributed by atoms with Crippen LogP contribution in [-0.2, 0) is 13.6 Å². The van der Waals surface area contributed by atoms with E-state index in [2.05, 4.69) is 15.4 Å². The number of hydrogen-bond acceptors (Lipinski definition) is 6. The summed E-state index contributed by atoms with van der Waals surface area (Å²) in [6.07, 6.45) is 1.93. The van der Waals surface area contributed by atoms with E-state index in [1.165, 1.54) is 0 Å². The van der Waals surface area contributed by atoms with Gasteiger partial charge in [-0.3, -0.25) is 4.68 Å². The van der Waals surface area contributed by atoms with Gasteiger partial charge in [0.1, 0.15) is 5.69 Å². The Morgan fingerprint density at radius 1 is 1.21 bits per heavy atom. The van der Waals surface area contributed by atoms with Crippen LogP contribution in [-0.4, -0.2) is 29.0 Å². The van der Waals surface area contributed by atoms with E-state index < -0.39 is 0 Å². The van der Waals surface area contributed by atoms with Gasteiger partial charge in [0.05, 0.1) is 24.8 Å². The van der Waals surface area contributed by atoms with E-state index >= 15 is 0 Å². The minimum Gasteiger partial charge on any atom is -0.493 e. The van der Waals surface area contributed by atoms with Gasteiger partial charge in [0.2, 0.25) is 0 Å². The van der Waals surface area contributed by atoms with Gasteiger partial charge >= 0.3 is 0 Å². The monoisotopic (exact) mass is 344 g/mol. The number of methoxy groups -OCH3 is 2. The van der Waals surface area contributed by atoms with Crippen molar-refractivity contribution in [1.82, 2.24) is 14.8 Å². The van der Waals surface area contributed by atoms with Gasteiger partial charge in [0, 0.05) is 25.4 Å². The Labute approximate surface area is 145 Å². The lowest BCUT2D eigenvalue weighted by Gasteiger charge is -2.12. The first kappa shape index (κ1) is 16.3. The van der Waals surface area contributed by atoms with Crippen molar-refractivity contribution in [3.05, 3.63) is 41.7 Å². The summed E-state index contributed by atoms with van der Waals surface area (Å²) in [7, 11) is 5.19. The molecule has 24 heavy (non-hydrogen) atoms. The van der Waals surface area contributed by atoms with E-state index in [0.29, 0.717) is 6.54 Å². The number of aromatic nitrogens is 3. The van der Waals surface area contributed by atoms with Crippen molar-refractivity contribution in [2.24, 2.45) is 7.05 Å². The zero-order valence-corrected chi connectivity index (χ0v) is 15.0. The first-order chi connectivity index (χ1) is 11.6. The highest BCUT2D eigenvalue weighted by Gasteiger charge is 2.13. The zero-order chi connectivity index (χ0) is 17.1. The molecule has 1 N–H and O–H groups in total. The molecule has 3 rings (SSSR count). The maximum atomic E-state index is 5.46. The Hall–Kier alpha value is -2.54. The molecule has 2 heterocycles. The average molecular weight is 344 g/mol. The molecule has 0 saturated heterocycles.